The molecule has 24 heavy (non-hydrogen) atoms. The summed E-state index contributed by atoms with van der Waals surface area (Å²) in [7, 11) is 0. The molecular formula is C16H12BrFN4OS. The maximum atomic E-state index is 13.5. The third-order valence-corrected chi connectivity index (χ3v) is 4.43. The van der Waals surface area contributed by atoms with E-state index in [9.17, 15) is 9.18 Å². The number of H-pyrrole nitrogens is 1. The molecule has 2 aromatic carbocycles. The Morgan fingerprint density at radius 2 is 2.21 bits per heavy atom. The van der Waals surface area contributed by atoms with Crippen LogP contribution >= 0.6 is 27.7 Å². The van der Waals surface area contributed by atoms with Crippen LogP contribution in [-0.2, 0) is 4.79 Å². The lowest BCUT2D eigenvalue weighted by molar-refractivity contribution is -0.118. The SMILES string of the molecule is O=C(CSc1nc2ccccc2[nH]1)N/N=C/c1cc(Br)ccc1F. The van der Waals surface area contributed by atoms with Crippen molar-refractivity contribution in [3.8, 4) is 0 Å². The number of carbonyl (C=O) groups excluding carboxylic acids is 1. The number of aromatic amines is 1. The molecule has 1 amide bonds. The van der Waals surface area contributed by atoms with Crippen molar-refractivity contribution in [2.75, 3.05) is 5.75 Å². The standard InChI is InChI=1S/C16H12BrFN4OS/c17-11-5-6-12(18)10(7-11)8-19-22-15(23)9-24-16-20-13-3-1-2-4-14(13)21-16/h1-8H,9H2,(H,20,21)(H,22,23)/b19-8+. The van der Waals surface area contributed by atoms with Crippen LogP contribution in [0.1, 0.15) is 5.56 Å². The van der Waals surface area contributed by atoms with E-state index in [-0.39, 0.29) is 17.2 Å². The largest absolute Gasteiger partial charge is 0.333 e. The summed E-state index contributed by atoms with van der Waals surface area (Å²) in [5, 5.41) is 4.43. The Bertz CT molecular complexity index is 879. The van der Waals surface area contributed by atoms with Gasteiger partial charge < -0.3 is 4.98 Å². The van der Waals surface area contributed by atoms with Crippen molar-refractivity contribution in [1.29, 1.82) is 0 Å². The summed E-state index contributed by atoms with van der Waals surface area (Å²) >= 11 is 4.52. The quantitative estimate of drug-likeness (QED) is 0.385. The lowest BCUT2D eigenvalue weighted by Gasteiger charge is -1.99. The summed E-state index contributed by atoms with van der Waals surface area (Å²) in [6, 6.07) is 12.1. The molecule has 0 aliphatic rings. The summed E-state index contributed by atoms with van der Waals surface area (Å²) in [5.41, 5.74) is 4.43. The Kier molecular flexibility index (Phi) is 5.27. The number of aromatic nitrogens is 2. The molecule has 1 aromatic heterocycles. The van der Waals surface area contributed by atoms with Crippen LogP contribution < -0.4 is 5.43 Å². The van der Waals surface area contributed by atoms with E-state index in [4.69, 9.17) is 0 Å². The number of hydrogen-bond donors (Lipinski definition) is 2. The second-order valence-electron chi connectivity index (χ2n) is 4.81. The number of thioether (sulfide) groups is 1. The van der Waals surface area contributed by atoms with Gasteiger partial charge in [-0.15, -0.1) is 0 Å². The van der Waals surface area contributed by atoms with Crippen molar-refractivity contribution in [3.05, 3.63) is 58.3 Å². The van der Waals surface area contributed by atoms with E-state index in [2.05, 4.69) is 36.4 Å². The molecule has 8 heteroatoms. The van der Waals surface area contributed by atoms with Gasteiger partial charge in [-0.05, 0) is 30.3 Å². The molecule has 0 aliphatic carbocycles. The molecule has 0 atom stereocenters. The van der Waals surface area contributed by atoms with Gasteiger partial charge >= 0.3 is 0 Å². The summed E-state index contributed by atoms with van der Waals surface area (Å²) in [6.07, 6.45) is 1.27. The number of rotatable bonds is 5. The number of halogens is 2. The highest BCUT2D eigenvalue weighted by Gasteiger charge is 2.06. The predicted octanol–water partition coefficient (Wildman–Crippen LogP) is 3.71. The zero-order chi connectivity index (χ0) is 16.9. The van der Waals surface area contributed by atoms with Crippen molar-refractivity contribution >= 4 is 50.8 Å². The van der Waals surface area contributed by atoms with Gasteiger partial charge in [-0.3, -0.25) is 4.79 Å². The summed E-state index contributed by atoms with van der Waals surface area (Å²) in [4.78, 5) is 19.3. The molecule has 122 valence electrons. The van der Waals surface area contributed by atoms with Crippen LogP contribution in [0.4, 0.5) is 4.39 Å². The van der Waals surface area contributed by atoms with E-state index in [0.29, 0.717) is 5.16 Å². The number of nitrogens with one attached hydrogen (secondary N) is 2. The van der Waals surface area contributed by atoms with Crippen LogP contribution in [-0.4, -0.2) is 27.8 Å². The van der Waals surface area contributed by atoms with Crippen LogP contribution in [0.2, 0.25) is 0 Å². The molecule has 3 rings (SSSR count). The topological polar surface area (TPSA) is 70.1 Å². The smallest absolute Gasteiger partial charge is 0.250 e. The van der Waals surface area contributed by atoms with Gasteiger partial charge in [0.05, 0.1) is 23.0 Å². The molecular weight excluding hydrogens is 395 g/mol. The average Bonchev–Trinajstić information content (AvgIpc) is 2.99. The maximum Gasteiger partial charge on any atom is 0.250 e. The number of fused-ring (bicyclic) bond motifs is 1. The Balaban J connectivity index is 1.54. The van der Waals surface area contributed by atoms with Crippen molar-refractivity contribution in [2.24, 2.45) is 5.10 Å². The van der Waals surface area contributed by atoms with Crippen LogP contribution in [0.15, 0.2) is 57.2 Å². The van der Waals surface area contributed by atoms with E-state index < -0.39 is 5.82 Å². The highest BCUT2D eigenvalue weighted by molar-refractivity contribution is 9.10. The summed E-state index contributed by atoms with van der Waals surface area (Å²) in [6.45, 7) is 0. The van der Waals surface area contributed by atoms with Gasteiger partial charge in [0.1, 0.15) is 5.82 Å². The fourth-order valence-corrected chi connectivity index (χ4v) is 3.01. The second kappa shape index (κ2) is 7.59. The van der Waals surface area contributed by atoms with Crippen LogP contribution in [0.3, 0.4) is 0 Å². The Morgan fingerprint density at radius 3 is 3.04 bits per heavy atom. The molecule has 0 fully saturated rings. The van der Waals surface area contributed by atoms with Gasteiger partial charge in [0.25, 0.3) is 5.91 Å². The van der Waals surface area contributed by atoms with Crippen molar-refractivity contribution in [2.45, 2.75) is 5.16 Å². The summed E-state index contributed by atoms with van der Waals surface area (Å²) < 4.78 is 14.3. The first kappa shape index (κ1) is 16.7. The van der Waals surface area contributed by atoms with Gasteiger partial charge in [-0.1, -0.05) is 39.8 Å². The first-order valence-corrected chi connectivity index (χ1v) is 8.74. The normalized spacial score (nSPS) is 11.2. The zero-order valence-corrected chi connectivity index (χ0v) is 14.7. The third kappa shape index (κ3) is 4.21. The molecule has 0 aliphatic heterocycles. The monoisotopic (exact) mass is 406 g/mol. The maximum absolute atomic E-state index is 13.5. The minimum Gasteiger partial charge on any atom is -0.333 e. The minimum atomic E-state index is -0.409. The van der Waals surface area contributed by atoms with Crippen LogP contribution in [0.25, 0.3) is 11.0 Å². The Morgan fingerprint density at radius 1 is 1.38 bits per heavy atom. The number of benzene rings is 2. The number of hydrazone groups is 1. The van der Waals surface area contributed by atoms with Gasteiger partial charge in [-0.25, -0.2) is 14.8 Å². The number of carbonyl (C=O) groups is 1. The zero-order valence-electron chi connectivity index (χ0n) is 12.3. The average molecular weight is 407 g/mol. The molecule has 0 saturated heterocycles. The van der Waals surface area contributed by atoms with E-state index >= 15 is 0 Å². The van der Waals surface area contributed by atoms with Gasteiger partial charge in [0.2, 0.25) is 0 Å². The van der Waals surface area contributed by atoms with E-state index in [1.165, 1.54) is 24.0 Å². The number of hydrogen-bond acceptors (Lipinski definition) is 4. The molecule has 1 heterocycles. The number of para-hydroxylation sites is 2. The molecule has 0 bridgehead atoms. The van der Waals surface area contributed by atoms with Crippen molar-refractivity contribution in [1.82, 2.24) is 15.4 Å². The molecule has 0 saturated carbocycles. The Hall–Kier alpha value is -2.19. The molecule has 3 aromatic rings. The first-order chi connectivity index (χ1) is 11.6. The van der Waals surface area contributed by atoms with Gasteiger partial charge in [-0.2, -0.15) is 5.10 Å². The third-order valence-electron chi connectivity index (χ3n) is 3.06. The first-order valence-electron chi connectivity index (χ1n) is 6.96. The van der Waals surface area contributed by atoms with E-state index in [1.54, 1.807) is 12.1 Å². The van der Waals surface area contributed by atoms with Crippen molar-refractivity contribution < 1.29 is 9.18 Å². The van der Waals surface area contributed by atoms with E-state index in [1.807, 2.05) is 24.3 Å². The van der Waals surface area contributed by atoms with Gasteiger partial charge in [0.15, 0.2) is 5.16 Å². The number of amides is 1. The number of imidazole rings is 1. The van der Waals surface area contributed by atoms with Crippen LogP contribution in [0.5, 0.6) is 0 Å². The Labute approximate surface area is 149 Å². The summed E-state index contributed by atoms with van der Waals surface area (Å²) in [5.74, 6) is -0.557. The number of nitrogens with zero attached hydrogens (tertiary/aromatic N) is 2. The molecule has 5 nitrogen and oxygen atoms in total. The van der Waals surface area contributed by atoms with Crippen molar-refractivity contribution in [3.63, 3.8) is 0 Å². The molecule has 0 spiro atoms. The lowest BCUT2D eigenvalue weighted by Crippen LogP contribution is -2.19. The molecule has 0 unspecified atom stereocenters. The lowest BCUT2D eigenvalue weighted by atomic mass is 10.2. The highest BCUT2D eigenvalue weighted by Crippen LogP contribution is 2.18. The van der Waals surface area contributed by atoms with Crippen LogP contribution in [0, 0.1) is 5.82 Å². The predicted molar refractivity (Wildman–Crippen MR) is 96.7 cm³/mol. The molecule has 0 radical (unpaired) electrons. The minimum absolute atomic E-state index is 0.151. The van der Waals surface area contributed by atoms with Gasteiger partial charge in [0, 0.05) is 10.0 Å². The highest BCUT2D eigenvalue weighted by atomic mass is 79.9. The molecule has 2 N–H and O–H groups in total. The second-order valence-corrected chi connectivity index (χ2v) is 6.69. The van der Waals surface area contributed by atoms with E-state index in [0.717, 1.165) is 15.5 Å². The fourth-order valence-electron chi connectivity index (χ4n) is 1.95. The fraction of sp³-hybridized carbons (Fsp3) is 0.0625.